The molecule has 2 nitrogen and oxygen atoms in total. The van der Waals surface area contributed by atoms with Crippen LogP contribution in [-0.2, 0) is 0 Å². The molecule has 90 valence electrons. The van der Waals surface area contributed by atoms with Crippen LogP contribution in [0.4, 0.5) is 18.9 Å². The lowest BCUT2D eigenvalue weighted by atomic mass is 10.2. The van der Waals surface area contributed by atoms with Gasteiger partial charge >= 0.3 is 6.18 Å². The molecule has 1 heterocycles. The van der Waals surface area contributed by atoms with E-state index in [1.807, 2.05) is 0 Å². The monoisotopic (exact) mass is 252 g/mol. The zero-order valence-corrected chi connectivity index (χ0v) is 9.68. The normalized spacial score (nSPS) is 11.9. The van der Waals surface area contributed by atoms with E-state index in [9.17, 15) is 13.2 Å². The molecule has 1 aromatic rings. The second kappa shape index (κ2) is 4.91. The third-order valence-corrected chi connectivity index (χ3v) is 2.22. The Labute approximate surface area is 97.0 Å². The summed E-state index contributed by atoms with van der Waals surface area (Å²) in [5.41, 5.74) is 0.423. The van der Waals surface area contributed by atoms with Gasteiger partial charge in [-0.15, -0.1) is 0 Å². The Morgan fingerprint density at radius 2 is 2.06 bits per heavy atom. The van der Waals surface area contributed by atoms with Crippen LogP contribution in [0, 0.1) is 0 Å². The van der Waals surface area contributed by atoms with Gasteiger partial charge in [-0.1, -0.05) is 11.6 Å². The fourth-order valence-corrected chi connectivity index (χ4v) is 1.50. The third-order valence-electron chi connectivity index (χ3n) is 2.01. The highest BCUT2D eigenvalue weighted by Crippen LogP contribution is 2.25. The Morgan fingerprint density at radius 1 is 1.44 bits per heavy atom. The van der Waals surface area contributed by atoms with E-state index in [1.54, 1.807) is 13.8 Å². The molecule has 1 aromatic heterocycles. The van der Waals surface area contributed by atoms with Gasteiger partial charge in [0.1, 0.15) is 11.7 Å². The van der Waals surface area contributed by atoms with Crippen molar-refractivity contribution < 1.29 is 13.2 Å². The Hall–Kier alpha value is -0.970. The van der Waals surface area contributed by atoms with Crippen molar-refractivity contribution in [3.8, 4) is 0 Å². The van der Waals surface area contributed by atoms with Gasteiger partial charge in [0.25, 0.3) is 0 Å². The largest absolute Gasteiger partial charge is 0.405 e. The number of alkyl halides is 3. The molecule has 0 aliphatic rings. The first kappa shape index (κ1) is 13.1. The molecule has 0 amide bonds. The second-order valence-corrected chi connectivity index (χ2v) is 4.06. The minimum absolute atomic E-state index is 0.185. The van der Waals surface area contributed by atoms with Gasteiger partial charge in [-0.25, -0.2) is 4.98 Å². The first-order valence-corrected chi connectivity index (χ1v) is 5.12. The van der Waals surface area contributed by atoms with E-state index in [0.717, 1.165) is 0 Å². The Balaban J connectivity index is 2.94. The summed E-state index contributed by atoms with van der Waals surface area (Å²) in [6.45, 7) is 2.39. The first-order chi connectivity index (χ1) is 7.29. The number of hydrogen-bond acceptors (Lipinski definition) is 2. The van der Waals surface area contributed by atoms with E-state index >= 15 is 0 Å². The predicted octanol–water partition coefficient (Wildman–Crippen LogP) is 3.51. The van der Waals surface area contributed by atoms with Gasteiger partial charge in [-0.05, 0) is 26.0 Å². The van der Waals surface area contributed by atoms with E-state index in [2.05, 4.69) is 4.98 Å². The van der Waals surface area contributed by atoms with Crippen LogP contribution in [0.3, 0.4) is 0 Å². The molecule has 0 saturated heterocycles. The summed E-state index contributed by atoms with van der Waals surface area (Å²) in [7, 11) is 0. The topological polar surface area (TPSA) is 16.1 Å². The maximum Gasteiger partial charge on any atom is 0.405 e. The molecule has 16 heavy (non-hydrogen) atoms. The van der Waals surface area contributed by atoms with Crippen molar-refractivity contribution >= 4 is 17.3 Å². The number of nitrogens with zero attached hydrogens (tertiary/aromatic N) is 2. The highest BCUT2D eigenvalue weighted by Gasteiger charge is 2.32. The van der Waals surface area contributed by atoms with Crippen LogP contribution in [0.25, 0.3) is 0 Å². The molecule has 0 bridgehead atoms. The van der Waals surface area contributed by atoms with Crippen LogP contribution in [0.2, 0.25) is 5.15 Å². The molecule has 0 aliphatic heterocycles. The van der Waals surface area contributed by atoms with E-state index in [-0.39, 0.29) is 11.2 Å². The first-order valence-electron chi connectivity index (χ1n) is 4.74. The summed E-state index contributed by atoms with van der Waals surface area (Å²) < 4.78 is 37.1. The summed E-state index contributed by atoms with van der Waals surface area (Å²) in [5, 5.41) is 0.185. The SMILES string of the molecule is CC(C)N(CC(F)(F)F)c1ccnc(Cl)c1. The summed E-state index contributed by atoms with van der Waals surface area (Å²) >= 11 is 5.65. The molecule has 0 aromatic carbocycles. The Bertz CT molecular complexity index is 352. The molecule has 0 N–H and O–H groups in total. The molecule has 0 saturated carbocycles. The van der Waals surface area contributed by atoms with E-state index in [0.29, 0.717) is 5.69 Å². The molecule has 0 radical (unpaired) electrons. The maximum absolute atomic E-state index is 12.4. The van der Waals surface area contributed by atoms with Gasteiger partial charge in [-0.3, -0.25) is 0 Å². The molecule has 0 atom stereocenters. The van der Waals surface area contributed by atoms with Crippen molar-refractivity contribution in [2.24, 2.45) is 0 Å². The fraction of sp³-hybridized carbons (Fsp3) is 0.500. The lowest BCUT2D eigenvalue weighted by molar-refractivity contribution is -0.120. The highest BCUT2D eigenvalue weighted by atomic mass is 35.5. The average Bonchev–Trinajstić information content (AvgIpc) is 2.12. The second-order valence-electron chi connectivity index (χ2n) is 3.67. The third kappa shape index (κ3) is 3.89. The Morgan fingerprint density at radius 3 is 2.50 bits per heavy atom. The van der Waals surface area contributed by atoms with Gasteiger partial charge < -0.3 is 4.90 Å². The van der Waals surface area contributed by atoms with Gasteiger partial charge in [0.05, 0.1) is 0 Å². The fourth-order valence-electron chi connectivity index (χ4n) is 1.34. The molecular weight excluding hydrogens is 241 g/mol. The quantitative estimate of drug-likeness (QED) is 0.766. The van der Waals surface area contributed by atoms with Crippen LogP contribution in [-0.4, -0.2) is 23.7 Å². The summed E-state index contributed by atoms with van der Waals surface area (Å²) in [5.74, 6) is 0. The van der Waals surface area contributed by atoms with E-state index in [4.69, 9.17) is 11.6 Å². The molecular formula is C10H12ClF3N2. The standard InChI is InChI=1S/C10H12ClF3N2/c1-7(2)16(6-10(12,13)14)8-3-4-15-9(11)5-8/h3-5,7H,6H2,1-2H3. The zero-order chi connectivity index (χ0) is 12.3. The van der Waals surface area contributed by atoms with E-state index in [1.165, 1.54) is 23.2 Å². The number of anilines is 1. The van der Waals surface area contributed by atoms with Crippen LogP contribution < -0.4 is 4.90 Å². The molecule has 0 fully saturated rings. The van der Waals surface area contributed by atoms with Crippen molar-refractivity contribution in [1.29, 1.82) is 0 Å². The minimum Gasteiger partial charge on any atom is -0.360 e. The molecule has 0 spiro atoms. The molecule has 0 unspecified atom stereocenters. The highest BCUT2D eigenvalue weighted by molar-refractivity contribution is 6.29. The number of rotatable bonds is 3. The summed E-state index contributed by atoms with van der Waals surface area (Å²) in [4.78, 5) is 4.97. The average molecular weight is 253 g/mol. The van der Waals surface area contributed by atoms with Crippen LogP contribution >= 0.6 is 11.6 Å². The van der Waals surface area contributed by atoms with Crippen LogP contribution in [0.1, 0.15) is 13.8 Å². The predicted molar refractivity (Wildman–Crippen MR) is 57.8 cm³/mol. The summed E-state index contributed by atoms with van der Waals surface area (Å²) in [6, 6.07) is 2.67. The van der Waals surface area contributed by atoms with Gasteiger partial charge in [-0.2, -0.15) is 13.2 Å². The van der Waals surface area contributed by atoms with E-state index < -0.39 is 12.7 Å². The smallest absolute Gasteiger partial charge is 0.360 e. The van der Waals surface area contributed by atoms with Crippen LogP contribution in [0.5, 0.6) is 0 Å². The number of hydrogen-bond donors (Lipinski definition) is 0. The molecule has 0 aliphatic carbocycles. The van der Waals surface area contributed by atoms with Crippen LogP contribution in [0.15, 0.2) is 18.3 Å². The van der Waals surface area contributed by atoms with Gasteiger partial charge in [0.2, 0.25) is 0 Å². The molecule has 1 rings (SSSR count). The number of aromatic nitrogens is 1. The molecule has 6 heteroatoms. The maximum atomic E-state index is 12.4. The summed E-state index contributed by atoms with van der Waals surface area (Å²) in [6.07, 6.45) is -2.84. The zero-order valence-electron chi connectivity index (χ0n) is 8.92. The minimum atomic E-state index is -4.24. The van der Waals surface area contributed by atoms with Crippen molar-refractivity contribution in [3.05, 3.63) is 23.5 Å². The van der Waals surface area contributed by atoms with Crippen molar-refractivity contribution in [1.82, 2.24) is 4.98 Å². The lowest BCUT2D eigenvalue weighted by Crippen LogP contribution is -2.39. The van der Waals surface area contributed by atoms with Crippen molar-refractivity contribution in [2.75, 3.05) is 11.4 Å². The van der Waals surface area contributed by atoms with Gasteiger partial charge in [0.15, 0.2) is 0 Å². The van der Waals surface area contributed by atoms with Gasteiger partial charge in [0, 0.05) is 17.9 Å². The van der Waals surface area contributed by atoms with Crippen molar-refractivity contribution in [2.45, 2.75) is 26.1 Å². The van der Waals surface area contributed by atoms with Crippen molar-refractivity contribution in [3.63, 3.8) is 0 Å². The lowest BCUT2D eigenvalue weighted by Gasteiger charge is -2.29. The number of pyridine rings is 1. The number of halogens is 4. The Kier molecular flexibility index (Phi) is 4.02.